The third-order valence-electron chi connectivity index (χ3n) is 3.97. The minimum absolute atomic E-state index is 0.442. The van der Waals surface area contributed by atoms with Crippen LogP contribution >= 0.6 is 11.8 Å². The lowest BCUT2D eigenvalue weighted by Crippen LogP contribution is -2.38. The molecule has 26 heavy (non-hydrogen) atoms. The summed E-state index contributed by atoms with van der Waals surface area (Å²) in [5, 5.41) is 7.21. The van der Waals surface area contributed by atoms with Crippen LogP contribution in [0.25, 0.3) is 0 Å². The summed E-state index contributed by atoms with van der Waals surface area (Å²) in [6.45, 7) is 9.98. The Balaban J connectivity index is 1.69. The van der Waals surface area contributed by atoms with Gasteiger partial charge in [0.25, 0.3) is 0 Å². The van der Waals surface area contributed by atoms with E-state index in [1.807, 2.05) is 37.1 Å². The Morgan fingerprint density at radius 1 is 1.23 bits per heavy atom. The summed E-state index contributed by atoms with van der Waals surface area (Å²) in [4.78, 5) is 10.3. The highest BCUT2D eigenvalue weighted by atomic mass is 32.2. The number of aromatic nitrogens is 2. The lowest BCUT2D eigenvalue weighted by atomic mass is 10.3. The lowest BCUT2D eigenvalue weighted by Gasteiger charge is -2.13. The van der Waals surface area contributed by atoms with Crippen molar-refractivity contribution in [3.8, 4) is 0 Å². The maximum absolute atomic E-state index is 4.73. The summed E-state index contributed by atoms with van der Waals surface area (Å²) in [6, 6.07) is 10.5. The number of guanidine groups is 1. The molecule has 0 aliphatic carbocycles. The molecule has 0 saturated heterocycles. The van der Waals surface area contributed by atoms with Crippen LogP contribution in [0.3, 0.4) is 0 Å². The number of rotatable bonds is 10. The van der Waals surface area contributed by atoms with Crippen LogP contribution in [0.2, 0.25) is 0 Å². The molecule has 0 aliphatic heterocycles. The second kappa shape index (κ2) is 11.6. The van der Waals surface area contributed by atoms with Crippen molar-refractivity contribution in [3.63, 3.8) is 0 Å². The molecule has 0 amide bonds. The first-order chi connectivity index (χ1) is 12.7. The van der Waals surface area contributed by atoms with Crippen molar-refractivity contribution in [1.29, 1.82) is 0 Å². The second-order valence-electron chi connectivity index (χ2n) is 6.26. The quantitative estimate of drug-likeness (QED) is 0.288. The summed E-state index contributed by atoms with van der Waals surface area (Å²) >= 11 is 1.86. The van der Waals surface area contributed by atoms with Gasteiger partial charge >= 0.3 is 0 Å². The van der Waals surface area contributed by atoms with Gasteiger partial charge in [0.15, 0.2) is 5.96 Å². The zero-order chi connectivity index (χ0) is 18.6. The highest BCUT2D eigenvalue weighted by Gasteiger charge is 2.05. The molecule has 0 radical (unpaired) electrons. The van der Waals surface area contributed by atoms with E-state index in [2.05, 4.69) is 58.3 Å². The van der Waals surface area contributed by atoms with Crippen molar-refractivity contribution < 1.29 is 0 Å². The van der Waals surface area contributed by atoms with Crippen molar-refractivity contribution in [1.82, 2.24) is 20.2 Å². The highest BCUT2D eigenvalue weighted by Crippen LogP contribution is 2.22. The highest BCUT2D eigenvalue weighted by molar-refractivity contribution is 8.00. The standard InChI is InChI=1S/C20H31N5S/c1-4-21-20(23-12-8-9-14-25-15-13-22-18(25)3)24-16-17(2)26-19-10-6-5-7-11-19/h5-7,10-11,13,15,17H,4,8-9,12,14,16H2,1-3H3,(H2,21,23,24). The Kier molecular flexibility index (Phi) is 9.10. The van der Waals surface area contributed by atoms with Crippen molar-refractivity contribution in [2.24, 2.45) is 4.99 Å². The smallest absolute Gasteiger partial charge is 0.191 e. The van der Waals surface area contributed by atoms with Gasteiger partial charge in [-0.15, -0.1) is 11.8 Å². The van der Waals surface area contributed by atoms with E-state index in [-0.39, 0.29) is 0 Å². The maximum atomic E-state index is 4.73. The van der Waals surface area contributed by atoms with Crippen LogP contribution in [0, 0.1) is 6.92 Å². The van der Waals surface area contributed by atoms with Crippen molar-refractivity contribution in [2.75, 3.05) is 19.6 Å². The molecule has 1 unspecified atom stereocenters. The lowest BCUT2D eigenvalue weighted by molar-refractivity contribution is 0.588. The number of aliphatic imine (C=N–C) groups is 1. The maximum Gasteiger partial charge on any atom is 0.191 e. The van der Waals surface area contributed by atoms with Gasteiger partial charge in [0.05, 0.1) is 6.54 Å². The normalized spacial score (nSPS) is 12.8. The van der Waals surface area contributed by atoms with Gasteiger partial charge in [-0.05, 0) is 38.8 Å². The minimum atomic E-state index is 0.442. The molecule has 1 aromatic carbocycles. The van der Waals surface area contributed by atoms with E-state index in [1.165, 1.54) is 4.90 Å². The summed E-state index contributed by atoms with van der Waals surface area (Å²) < 4.78 is 2.20. The fraction of sp³-hybridized carbons (Fsp3) is 0.500. The Bertz CT molecular complexity index is 653. The zero-order valence-corrected chi connectivity index (χ0v) is 16.9. The molecule has 142 valence electrons. The third kappa shape index (κ3) is 7.52. The third-order valence-corrected chi connectivity index (χ3v) is 5.07. The molecule has 0 aliphatic rings. The molecule has 2 N–H and O–H groups in total. The minimum Gasteiger partial charge on any atom is -0.357 e. The molecule has 0 bridgehead atoms. The van der Waals surface area contributed by atoms with E-state index in [9.17, 15) is 0 Å². The molecule has 2 rings (SSSR count). The molecular formula is C20H31N5S. The fourth-order valence-corrected chi connectivity index (χ4v) is 3.51. The number of benzene rings is 1. The average Bonchev–Trinajstić information content (AvgIpc) is 3.05. The number of thioether (sulfide) groups is 1. The number of aryl methyl sites for hydroxylation is 2. The van der Waals surface area contributed by atoms with Gasteiger partial charge in [0, 0.05) is 42.2 Å². The van der Waals surface area contributed by atoms with Crippen LogP contribution in [0.15, 0.2) is 52.6 Å². The van der Waals surface area contributed by atoms with E-state index in [1.54, 1.807) is 0 Å². The van der Waals surface area contributed by atoms with Gasteiger partial charge < -0.3 is 15.2 Å². The summed E-state index contributed by atoms with van der Waals surface area (Å²) in [7, 11) is 0. The molecule has 1 heterocycles. The molecule has 0 spiro atoms. The molecule has 5 nitrogen and oxygen atoms in total. The number of imidazole rings is 1. The van der Waals surface area contributed by atoms with E-state index in [0.717, 1.165) is 50.8 Å². The first-order valence-electron chi connectivity index (χ1n) is 9.40. The van der Waals surface area contributed by atoms with Gasteiger partial charge in [-0.1, -0.05) is 25.1 Å². The van der Waals surface area contributed by atoms with E-state index < -0.39 is 0 Å². The van der Waals surface area contributed by atoms with Crippen LogP contribution in [-0.4, -0.2) is 40.4 Å². The van der Waals surface area contributed by atoms with Crippen LogP contribution in [-0.2, 0) is 6.54 Å². The van der Waals surface area contributed by atoms with Gasteiger partial charge in [-0.25, -0.2) is 4.98 Å². The first-order valence-corrected chi connectivity index (χ1v) is 10.3. The number of hydrogen-bond donors (Lipinski definition) is 2. The predicted molar refractivity (Wildman–Crippen MR) is 112 cm³/mol. The second-order valence-corrected chi connectivity index (χ2v) is 7.77. The Morgan fingerprint density at radius 2 is 2.04 bits per heavy atom. The zero-order valence-electron chi connectivity index (χ0n) is 16.1. The van der Waals surface area contributed by atoms with E-state index in [0.29, 0.717) is 5.25 Å². The van der Waals surface area contributed by atoms with Crippen LogP contribution < -0.4 is 10.6 Å². The number of nitrogens with one attached hydrogen (secondary N) is 2. The van der Waals surface area contributed by atoms with Crippen molar-refractivity contribution in [3.05, 3.63) is 48.5 Å². The van der Waals surface area contributed by atoms with Crippen LogP contribution in [0.5, 0.6) is 0 Å². The molecular weight excluding hydrogens is 342 g/mol. The van der Waals surface area contributed by atoms with Crippen molar-refractivity contribution >= 4 is 17.7 Å². The average molecular weight is 374 g/mol. The molecule has 6 heteroatoms. The van der Waals surface area contributed by atoms with Gasteiger partial charge in [0.2, 0.25) is 0 Å². The van der Waals surface area contributed by atoms with Crippen LogP contribution in [0.4, 0.5) is 0 Å². The topological polar surface area (TPSA) is 54.2 Å². The molecule has 1 aromatic heterocycles. The summed E-state index contributed by atoms with van der Waals surface area (Å²) in [5.74, 6) is 1.99. The monoisotopic (exact) mass is 373 g/mol. The Morgan fingerprint density at radius 3 is 2.73 bits per heavy atom. The van der Waals surface area contributed by atoms with Gasteiger partial charge in [-0.3, -0.25) is 4.99 Å². The fourth-order valence-electron chi connectivity index (χ4n) is 2.58. The van der Waals surface area contributed by atoms with Crippen LogP contribution in [0.1, 0.15) is 32.5 Å². The number of nitrogens with zero attached hydrogens (tertiary/aromatic N) is 3. The van der Waals surface area contributed by atoms with Gasteiger partial charge in [0.1, 0.15) is 5.82 Å². The molecule has 2 aromatic rings. The largest absolute Gasteiger partial charge is 0.357 e. The molecule has 0 saturated carbocycles. The predicted octanol–water partition coefficient (Wildman–Crippen LogP) is 3.71. The van der Waals surface area contributed by atoms with E-state index in [4.69, 9.17) is 4.99 Å². The van der Waals surface area contributed by atoms with Gasteiger partial charge in [-0.2, -0.15) is 0 Å². The Hall–Kier alpha value is -1.95. The van der Waals surface area contributed by atoms with Crippen molar-refractivity contribution in [2.45, 2.75) is 50.3 Å². The summed E-state index contributed by atoms with van der Waals surface area (Å²) in [6.07, 6.45) is 6.14. The van der Waals surface area contributed by atoms with E-state index >= 15 is 0 Å². The Labute approximate surface area is 161 Å². The molecule has 0 fully saturated rings. The SMILES string of the molecule is CCNC(=NCC(C)Sc1ccccc1)NCCCCn1ccnc1C. The number of hydrogen-bond acceptors (Lipinski definition) is 3. The number of unbranched alkanes of at least 4 members (excludes halogenated alkanes) is 1. The summed E-state index contributed by atoms with van der Waals surface area (Å²) in [5.41, 5.74) is 0. The first kappa shape index (κ1) is 20.4. The molecule has 1 atom stereocenters.